The number of benzene rings is 4. The topological polar surface area (TPSA) is 116 Å². The third-order valence-electron chi connectivity index (χ3n) is 8.15. The highest BCUT2D eigenvalue weighted by molar-refractivity contribution is 7.89. The zero-order chi connectivity index (χ0) is 32.7. The van der Waals surface area contributed by atoms with E-state index in [0.717, 1.165) is 51.1 Å². The second-order valence-corrected chi connectivity index (χ2v) is 14.7. The molecule has 242 valence electrons. The predicted molar refractivity (Wildman–Crippen MR) is 165 cm³/mol. The van der Waals surface area contributed by atoms with E-state index in [1.54, 1.807) is 18.2 Å². The number of aryl methyl sites for hydroxylation is 2. The van der Waals surface area contributed by atoms with Gasteiger partial charge >= 0.3 is 6.36 Å². The highest BCUT2D eigenvalue weighted by Gasteiger charge is 2.46. The van der Waals surface area contributed by atoms with Crippen molar-refractivity contribution in [3.63, 3.8) is 0 Å². The number of sulfonamides is 2. The average molecular weight is 674 g/mol. The van der Waals surface area contributed by atoms with Crippen LogP contribution in [0.1, 0.15) is 11.1 Å². The Bertz CT molecular complexity index is 1880. The van der Waals surface area contributed by atoms with Crippen LogP contribution >= 0.6 is 0 Å². The van der Waals surface area contributed by atoms with Crippen LogP contribution in [-0.2, 0) is 32.9 Å². The molecule has 1 unspecified atom stereocenters. The van der Waals surface area contributed by atoms with Crippen LogP contribution in [0.3, 0.4) is 0 Å². The molecule has 2 aliphatic rings. The third kappa shape index (κ3) is 6.48. The highest BCUT2D eigenvalue weighted by atomic mass is 32.2. The second kappa shape index (κ2) is 12.3. The second-order valence-electron chi connectivity index (χ2n) is 11.1. The monoisotopic (exact) mass is 673 g/mol. The smallest absolute Gasteiger partial charge is 0.406 e. The van der Waals surface area contributed by atoms with Crippen molar-refractivity contribution >= 4 is 31.4 Å². The van der Waals surface area contributed by atoms with Gasteiger partial charge in [-0.25, -0.2) is 21.6 Å². The van der Waals surface area contributed by atoms with E-state index in [4.69, 9.17) is 0 Å². The summed E-state index contributed by atoms with van der Waals surface area (Å²) >= 11 is 0. The number of piperidine rings is 1. The minimum atomic E-state index is -4.96. The van der Waals surface area contributed by atoms with Crippen LogP contribution in [0.5, 0.6) is 5.75 Å². The van der Waals surface area contributed by atoms with Gasteiger partial charge in [-0.2, -0.15) is 4.31 Å². The van der Waals surface area contributed by atoms with Gasteiger partial charge < -0.3 is 14.7 Å². The largest absolute Gasteiger partial charge is 0.573 e. The molecule has 0 spiro atoms. The molecule has 0 amide bonds. The lowest BCUT2D eigenvalue weighted by Crippen LogP contribution is -2.65. The van der Waals surface area contributed by atoms with Crippen molar-refractivity contribution in [1.29, 1.82) is 0 Å². The molecule has 0 bridgehead atoms. The summed E-state index contributed by atoms with van der Waals surface area (Å²) in [6, 6.07) is 24.2. The molecule has 4 aromatic rings. The zero-order valence-electron chi connectivity index (χ0n) is 24.2. The number of hydrogen-bond acceptors (Lipinski definition) is 7. The number of rotatable bonds is 7. The van der Waals surface area contributed by atoms with E-state index >= 15 is 0 Å². The summed E-state index contributed by atoms with van der Waals surface area (Å²) in [4.78, 5) is 1.50. The maximum Gasteiger partial charge on any atom is 0.573 e. The first-order chi connectivity index (χ1) is 21.8. The Hall–Kier alpha value is -3.95. The summed E-state index contributed by atoms with van der Waals surface area (Å²) in [5, 5.41) is 11.9. The van der Waals surface area contributed by atoms with Crippen LogP contribution in [0.2, 0.25) is 0 Å². The molecule has 2 heterocycles. The SMILES string of the molecule is O=S(=O)(N[C@@H]1CN(S(=O)(=O)c2ccccc2)CC(N2c3ccccc3CCc3ccccc32)[C@H]1O)c1ccc(OC(F)(F)F)cc1. The number of fused-ring (bicyclic) bond motifs is 2. The summed E-state index contributed by atoms with van der Waals surface area (Å²) in [5.41, 5.74) is 3.48. The van der Waals surface area contributed by atoms with Crippen LogP contribution in [-0.4, -0.2) is 63.9 Å². The van der Waals surface area contributed by atoms with Gasteiger partial charge in [0.1, 0.15) is 5.75 Å². The first-order valence-electron chi connectivity index (χ1n) is 14.4. The standard InChI is InChI=1S/C32H30F3N3O6S2/c33-32(34,35)44-24-16-18-25(19-17-24)45(40,41)36-27-20-37(46(42,43)26-10-2-1-3-11-26)21-30(31(27)39)38-28-12-6-4-8-22(28)14-15-23-9-5-7-13-29(23)38/h1-13,16-19,27,30-31,36,39H,14-15,20-21H2/t27-,30?,31+/m1/s1. The Labute approximate surface area is 265 Å². The minimum Gasteiger partial charge on any atom is -0.406 e. The van der Waals surface area contributed by atoms with Gasteiger partial charge in [0.2, 0.25) is 20.0 Å². The van der Waals surface area contributed by atoms with Crippen LogP contribution in [0.15, 0.2) is 113 Å². The molecule has 0 radical (unpaired) electrons. The van der Waals surface area contributed by atoms with Gasteiger partial charge in [0.25, 0.3) is 0 Å². The number of anilines is 2. The quantitative estimate of drug-likeness (QED) is 0.295. The van der Waals surface area contributed by atoms with Crippen molar-refractivity contribution in [1.82, 2.24) is 9.03 Å². The summed E-state index contributed by atoms with van der Waals surface area (Å²) in [6.07, 6.45) is -4.98. The molecule has 4 aromatic carbocycles. The van der Waals surface area contributed by atoms with Crippen molar-refractivity contribution in [2.45, 2.75) is 47.2 Å². The molecule has 9 nitrogen and oxygen atoms in total. The van der Waals surface area contributed by atoms with Crippen LogP contribution in [0, 0.1) is 0 Å². The number of ether oxygens (including phenoxy) is 1. The number of hydrogen-bond donors (Lipinski definition) is 2. The number of nitrogens with one attached hydrogen (secondary N) is 1. The molecule has 2 N–H and O–H groups in total. The predicted octanol–water partition coefficient (Wildman–Crippen LogP) is 4.60. The summed E-state index contributed by atoms with van der Waals surface area (Å²) < 4.78 is 100. The van der Waals surface area contributed by atoms with E-state index in [-0.39, 0.29) is 16.3 Å². The van der Waals surface area contributed by atoms with Gasteiger partial charge in [-0.15, -0.1) is 13.2 Å². The maximum atomic E-state index is 14.0. The Morgan fingerprint density at radius 3 is 1.83 bits per heavy atom. The van der Waals surface area contributed by atoms with Crippen molar-refractivity contribution in [3.8, 4) is 5.75 Å². The van der Waals surface area contributed by atoms with E-state index in [0.29, 0.717) is 12.8 Å². The molecule has 0 aromatic heterocycles. The number of para-hydroxylation sites is 2. The number of aliphatic hydroxyl groups excluding tert-OH is 1. The molecule has 14 heteroatoms. The Morgan fingerprint density at radius 2 is 1.26 bits per heavy atom. The van der Waals surface area contributed by atoms with Crippen molar-refractivity contribution in [3.05, 3.63) is 114 Å². The first kappa shape index (κ1) is 32.0. The molecular formula is C32H30F3N3O6S2. The number of alkyl halides is 3. The Morgan fingerprint density at radius 1 is 0.717 bits per heavy atom. The Kier molecular flexibility index (Phi) is 8.59. The van der Waals surface area contributed by atoms with Crippen LogP contribution in [0.4, 0.5) is 24.5 Å². The van der Waals surface area contributed by atoms with E-state index in [1.165, 1.54) is 12.1 Å². The lowest BCUT2D eigenvalue weighted by molar-refractivity contribution is -0.274. The molecule has 1 fully saturated rings. The molecular weight excluding hydrogens is 643 g/mol. The highest BCUT2D eigenvalue weighted by Crippen LogP contribution is 2.40. The minimum absolute atomic E-state index is 0.00340. The molecule has 0 aliphatic carbocycles. The average Bonchev–Trinajstić information content (AvgIpc) is 3.19. The van der Waals surface area contributed by atoms with E-state index < -0.39 is 56.9 Å². The normalized spacial score (nSPS) is 20.8. The van der Waals surface area contributed by atoms with Gasteiger partial charge in [-0.1, -0.05) is 54.6 Å². The lowest BCUT2D eigenvalue weighted by atomic mass is 9.96. The number of aliphatic hydroxyl groups is 1. The van der Waals surface area contributed by atoms with E-state index in [9.17, 15) is 35.1 Å². The molecule has 3 atom stereocenters. The van der Waals surface area contributed by atoms with Crippen molar-refractivity contribution < 1.29 is 39.9 Å². The van der Waals surface area contributed by atoms with E-state index in [1.807, 2.05) is 53.4 Å². The summed E-state index contributed by atoms with van der Waals surface area (Å²) in [5.74, 6) is -0.608. The molecule has 46 heavy (non-hydrogen) atoms. The lowest BCUT2D eigenvalue weighted by Gasteiger charge is -2.46. The summed E-state index contributed by atoms with van der Waals surface area (Å²) in [7, 11) is -8.62. The molecule has 0 saturated carbocycles. The van der Waals surface area contributed by atoms with E-state index in [2.05, 4.69) is 9.46 Å². The Balaban J connectivity index is 1.41. The fraction of sp³-hybridized carbons (Fsp3) is 0.250. The molecule has 6 rings (SSSR count). The van der Waals surface area contributed by atoms with Gasteiger partial charge in [0.15, 0.2) is 0 Å². The zero-order valence-corrected chi connectivity index (χ0v) is 25.8. The van der Waals surface area contributed by atoms with Crippen molar-refractivity contribution in [2.75, 3.05) is 18.0 Å². The third-order valence-corrected chi connectivity index (χ3v) is 11.5. The van der Waals surface area contributed by atoms with Gasteiger partial charge in [0, 0.05) is 24.5 Å². The van der Waals surface area contributed by atoms with Crippen molar-refractivity contribution in [2.24, 2.45) is 0 Å². The van der Waals surface area contributed by atoms with Crippen LogP contribution < -0.4 is 14.4 Å². The first-order valence-corrected chi connectivity index (χ1v) is 17.3. The summed E-state index contributed by atoms with van der Waals surface area (Å²) in [6.45, 7) is -0.566. The van der Waals surface area contributed by atoms with Gasteiger partial charge in [-0.3, -0.25) is 0 Å². The van der Waals surface area contributed by atoms with Gasteiger partial charge in [-0.05, 0) is 72.5 Å². The fourth-order valence-electron chi connectivity index (χ4n) is 6.02. The maximum absolute atomic E-state index is 14.0. The van der Waals surface area contributed by atoms with Gasteiger partial charge in [0.05, 0.1) is 28.0 Å². The number of halogens is 3. The molecule has 2 aliphatic heterocycles. The molecule has 1 saturated heterocycles. The van der Waals surface area contributed by atoms with Crippen LogP contribution in [0.25, 0.3) is 0 Å². The fourth-order valence-corrected chi connectivity index (χ4v) is 8.77. The number of nitrogens with zero attached hydrogens (tertiary/aromatic N) is 2.